The van der Waals surface area contributed by atoms with Crippen LogP contribution in [0.5, 0.6) is 0 Å². The van der Waals surface area contributed by atoms with Crippen LogP contribution in [0.25, 0.3) is 0 Å². The molecule has 1 aromatic carbocycles. The molecule has 0 aliphatic carbocycles. The first-order chi connectivity index (χ1) is 11.3. The highest BCUT2D eigenvalue weighted by Crippen LogP contribution is 2.22. The maximum absolute atomic E-state index is 12.6. The number of hydrogen-bond acceptors (Lipinski definition) is 4. The number of unbranched alkanes of at least 4 members (excludes halogenated alkanes) is 1. The molecule has 134 valence electrons. The van der Waals surface area contributed by atoms with Gasteiger partial charge in [-0.2, -0.15) is 0 Å². The van der Waals surface area contributed by atoms with E-state index in [-0.39, 0.29) is 23.5 Å². The molecule has 1 unspecified atom stereocenters. The van der Waals surface area contributed by atoms with Crippen LogP contribution in [0.2, 0.25) is 0 Å². The van der Waals surface area contributed by atoms with Gasteiger partial charge in [0.15, 0.2) is 9.84 Å². The van der Waals surface area contributed by atoms with E-state index < -0.39 is 9.84 Å². The second-order valence-corrected chi connectivity index (χ2v) is 8.97. The lowest BCUT2D eigenvalue weighted by Crippen LogP contribution is -2.40. The zero-order valence-electron chi connectivity index (χ0n) is 14.9. The molecule has 1 amide bonds. The van der Waals surface area contributed by atoms with Gasteiger partial charge in [0.1, 0.15) is 0 Å². The van der Waals surface area contributed by atoms with E-state index in [2.05, 4.69) is 6.92 Å². The number of sulfone groups is 1. The highest BCUT2D eigenvalue weighted by Gasteiger charge is 2.34. The standard InChI is InChI=1S/C18H28N2O3S/c1-4-5-6-18(21)20(17-11-12-24(22,23)14-17)13-15-7-9-16(10-8-15)19(2)3/h7-10,17H,4-6,11-14H2,1-3H3. The van der Waals surface area contributed by atoms with Crippen molar-refractivity contribution in [1.82, 2.24) is 4.90 Å². The van der Waals surface area contributed by atoms with E-state index in [0.717, 1.165) is 24.1 Å². The molecule has 1 fully saturated rings. The monoisotopic (exact) mass is 352 g/mol. The fraction of sp³-hybridized carbons (Fsp3) is 0.611. The van der Waals surface area contributed by atoms with Crippen molar-refractivity contribution >= 4 is 21.4 Å². The summed E-state index contributed by atoms with van der Waals surface area (Å²) >= 11 is 0. The number of benzene rings is 1. The normalized spacial score (nSPS) is 19.2. The Morgan fingerprint density at radius 2 is 1.88 bits per heavy atom. The lowest BCUT2D eigenvalue weighted by molar-refractivity contribution is -0.133. The molecule has 1 heterocycles. The molecule has 24 heavy (non-hydrogen) atoms. The van der Waals surface area contributed by atoms with Crippen molar-refractivity contribution in [2.75, 3.05) is 30.5 Å². The molecule has 0 aromatic heterocycles. The van der Waals surface area contributed by atoms with E-state index in [1.165, 1.54) is 0 Å². The minimum atomic E-state index is -3.01. The molecule has 0 N–H and O–H groups in total. The molecule has 1 aliphatic heterocycles. The SMILES string of the molecule is CCCCC(=O)N(Cc1ccc(N(C)C)cc1)C1CCS(=O)(=O)C1. The summed E-state index contributed by atoms with van der Waals surface area (Å²) in [5.74, 6) is 0.353. The third kappa shape index (κ3) is 4.97. The molecule has 0 saturated carbocycles. The van der Waals surface area contributed by atoms with Crippen molar-refractivity contribution in [3.05, 3.63) is 29.8 Å². The zero-order valence-corrected chi connectivity index (χ0v) is 15.7. The summed E-state index contributed by atoms with van der Waals surface area (Å²) in [7, 11) is 0.965. The van der Waals surface area contributed by atoms with E-state index in [1.54, 1.807) is 4.90 Å². The predicted octanol–water partition coefficient (Wildman–Crippen LogP) is 2.46. The third-order valence-corrected chi connectivity index (χ3v) is 6.27. The lowest BCUT2D eigenvalue weighted by Gasteiger charge is -2.29. The fourth-order valence-electron chi connectivity index (χ4n) is 3.01. The molecule has 5 nitrogen and oxygen atoms in total. The number of nitrogens with zero attached hydrogens (tertiary/aromatic N) is 2. The van der Waals surface area contributed by atoms with Crippen LogP contribution in [0.1, 0.15) is 38.2 Å². The lowest BCUT2D eigenvalue weighted by atomic mass is 10.1. The minimum Gasteiger partial charge on any atom is -0.378 e. The Morgan fingerprint density at radius 3 is 2.38 bits per heavy atom. The zero-order chi connectivity index (χ0) is 17.7. The van der Waals surface area contributed by atoms with Crippen molar-refractivity contribution in [1.29, 1.82) is 0 Å². The molecule has 6 heteroatoms. The summed E-state index contributed by atoms with van der Waals surface area (Å²) in [5.41, 5.74) is 2.14. The van der Waals surface area contributed by atoms with Gasteiger partial charge in [0.25, 0.3) is 0 Å². The van der Waals surface area contributed by atoms with Crippen LogP contribution in [0.4, 0.5) is 5.69 Å². The number of hydrogen-bond donors (Lipinski definition) is 0. The van der Waals surface area contributed by atoms with Crippen molar-refractivity contribution in [2.24, 2.45) is 0 Å². The van der Waals surface area contributed by atoms with Crippen LogP contribution in [0.3, 0.4) is 0 Å². The van der Waals surface area contributed by atoms with Crippen LogP contribution in [0.15, 0.2) is 24.3 Å². The molecular formula is C18H28N2O3S. The van der Waals surface area contributed by atoms with Gasteiger partial charge in [-0.1, -0.05) is 25.5 Å². The summed E-state index contributed by atoms with van der Waals surface area (Å²) in [5, 5.41) is 0. The number of carbonyl (C=O) groups is 1. The first kappa shape index (κ1) is 18.8. The van der Waals surface area contributed by atoms with E-state index in [0.29, 0.717) is 19.4 Å². The molecule has 0 spiro atoms. The quantitative estimate of drug-likeness (QED) is 0.756. The molecule has 1 aromatic rings. The van der Waals surface area contributed by atoms with Crippen LogP contribution >= 0.6 is 0 Å². The maximum Gasteiger partial charge on any atom is 0.223 e. The van der Waals surface area contributed by atoms with Gasteiger partial charge >= 0.3 is 0 Å². The largest absolute Gasteiger partial charge is 0.378 e. The first-order valence-corrected chi connectivity index (χ1v) is 10.4. The van der Waals surface area contributed by atoms with Gasteiger partial charge in [-0.15, -0.1) is 0 Å². The Labute approximate surface area is 145 Å². The maximum atomic E-state index is 12.6. The van der Waals surface area contributed by atoms with Crippen LogP contribution in [0, 0.1) is 0 Å². The average Bonchev–Trinajstić information content (AvgIpc) is 2.90. The molecule has 0 radical (unpaired) electrons. The summed E-state index contributed by atoms with van der Waals surface area (Å²) in [4.78, 5) is 16.4. The Hall–Kier alpha value is -1.56. The second-order valence-electron chi connectivity index (χ2n) is 6.74. The van der Waals surface area contributed by atoms with Gasteiger partial charge in [-0.25, -0.2) is 8.42 Å². The molecule has 2 rings (SSSR count). The molecule has 1 atom stereocenters. The van der Waals surface area contributed by atoms with Gasteiger partial charge < -0.3 is 9.80 Å². The number of amides is 1. The number of carbonyl (C=O) groups excluding carboxylic acids is 1. The predicted molar refractivity (Wildman–Crippen MR) is 97.9 cm³/mol. The first-order valence-electron chi connectivity index (χ1n) is 8.58. The van der Waals surface area contributed by atoms with Crippen LogP contribution in [-0.2, 0) is 21.2 Å². The average molecular weight is 353 g/mol. The van der Waals surface area contributed by atoms with Gasteiger partial charge in [-0.05, 0) is 30.5 Å². The van der Waals surface area contributed by atoms with Crippen molar-refractivity contribution in [3.8, 4) is 0 Å². The van der Waals surface area contributed by atoms with Crippen molar-refractivity contribution in [2.45, 2.75) is 45.2 Å². The molecule has 1 aliphatic rings. The fourth-order valence-corrected chi connectivity index (χ4v) is 4.74. The molecule has 0 bridgehead atoms. The van der Waals surface area contributed by atoms with E-state index >= 15 is 0 Å². The molecular weight excluding hydrogens is 324 g/mol. The summed E-state index contributed by atoms with van der Waals surface area (Å²) in [6.07, 6.45) is 2.84. The smallest absolute Gasteiger partial charge is 0.223 e. The minimum absolute atomic E-state index is 0.0654. The highest BCUT2D eigenvalue weighted by molar-refractivity contribution is 7.91. The topological polar surface area (TPSA) is 57.7 Å². The number of rotatable bonds is 7. The van der Waals surface area contributed by atoms with Crippen LogP contribution < -0.4 is 4.90 Å². The Balaban J connectivity index is 2.14. The van der Waals surface area contributed by atoms with Crippen molar-refractivity contribution in [3.63, 3.8) is 0 Å². The summed E-state index contributed by atoms with van der Waals surface area (Å²) < 4.78 is 23.6. The summed E-state index contributed by atoms with van der Waals surface area (Å²) in [6.45, 7) is 2.54. The van der Waals surface area contributed by atoms with Crippen LogP contribution in [-0.4, -0.2) is 50.9 Å². The third-order valence-electron chi connectivity index (χ3n) is 4.52. The van der Waals surface area contributed by atoms with Gasteiger partial charge in [-0.3, -0.25) is 4.79 Å². The Bertz CT molecular complexity index is 653. The van der Waals surface area contributed by atoms with E-state index in [4.69, 9.17) is 0 Å². The van der Waals surface area contributed by atoms with E-state index in [1.807, 2.05) is 43.3 Å². The second kappa shape index (κ2) is 8.01. The van der Waals surface area contributed by atoms with Gasteiger partial charge in [0.2, 0.25) is 5.91 Å². The molecule has 1 saturated heterocycles. The number of anilines is 1. The van der Waals surface area contributed by atoms with Crippen molar-refractivity contribution < 1.29 is 13.2 Å². The highest BCUT2D eigenvalue weighted by atomic mass is 32.2. The Morgan fingerprint density at radius 1 is 1.21 bits per heavy atom. The Kier molecular flexibility index (Phi) is 6.27. The van der Waals surface area contributed by atoms with Gasteiger partial charge in [0.05, 0.1) is 11.5 Å². The summed E-state index contributed by atoms with van der Waals surface area (Å²) in [6, 6.07) is 7.88. The van der Waals surface area contributed by atoms with Gasteiger partial charge in [0, 0.05) is 38.8 Å². The van der Waals surface area contributed by atoms with E-state index in [9.17, 15) is 13.2 Å².